The molecule has 0 bridgehead atoms. The van der Waals surface area contributed by atoms with Crippen molar-refractivity contribution in [2.45, 2.75) is 26.4 Å². The van der Waals surface area contributed by atoms with Crippen LogP contribution in [0, 0.1) is 0 Å². The second-order valence-electron chi connectivity index (χ2n) is 4.04. The maximum Gasteiger partial charge on any atom is 0.413 e. The molecule has 1 amide bonds. The first kappa shape index (κ1) is 12.7. The first-order chi connectivity index (χ1) is 7.28. The number of rotatable bonds is 1. The van der Waals surface area contributed by atoms with Crippen LogP contribution in [-0.2, 0) is 4.74 Å². The van der Waals surface area contributed by atoms with Crippen LogP contribution in [0.3, 0.4) is 0 Å². The lowest BCUT2D eigenvalue weighted by Gasteiger charge is -2.19. The summed E-state index contributed by atoms with van der Waals surface area (Å²) < 4.78 is 5.49. The van der Waals surface area contributed by atoms with Crippen molar-refractivity contribution in [2.75, 3.05) is 5.32 Å². The maximum atomic E-state index is 11.4. The van der Waals surface area contributed by atoms with Gasteiger partial charge >= 0.3 is 11.8 Å². The second-order valence-corrected chi connectivity index (χ2v) is 4.89. The fraction of sp³-hybridized carbons (Fsp3) is 0.444. The number of ether oxygens (including phenoxy) is 1. The van der Waals surface area contributed by atoms with Gasteiger partial charge in [-0.1, -0.05) is 0 Å². The van der Waals surface area contributed by atoms with Crippen LogP contribution in [0.1, 0.15) is 20.8 Å². The van der Waals surface area contributed by atoms with Crippen LogP contribution in [0.4, 0.5) is 10.6 Å². The van der Waals surface area contributed by atoms with E-state index in [4.69, 9.17) is 4.74 Å². The van der Waals surface area contributed by atoms with Gasteiger partial charge < -0.3 is 4.74 Å². The number of H-pyrrole nitrogens is 1. The molecule has 7 heteroatoms. The lowest BCUT2D eigenvalue weighted by Crippen LogP contribution is -2.28. The van der Waals surface area contributed by atoms with Crippen LogP contribution >= 0.6 is 15.9 Å². The number of nitrogens with zero attached hydrogens (tertiary/aromatic N) is 1. The van der Waals surface area contributed by atoms with Gasteiger partial charge in [-0.15, -0.1) is 0 Å². The molecular weight excluding hydrogens is 278 g/mol. The van der Waals surface area contributed by atoms with Gasteiger partial charge in [0.2, 0.25) is 0 Å². The molecule has 16 heavy (non-hydrogen) atoms. The smallest absolute Gasteiger partial charge is 0.413 e. The summed E-state index contributed by atoms with van der Waals surface area (Å²) in [6.07, 6.45) is 0.654. The number of nitrogens with one attached hydrogen (secondary N) is 2. The van der Waals surface area contributed by atoms with Gasteiger partial charge in [0.1, 0.15) is 11.4 Å². The van der Waals surface area contributed by atoms with Crippen LogP contribution in [0.15, 0.2) is 15.5 Å². The Hall–Kier alpha value is -1.37. The van der Waals surface area contributed by atoms with Gasteiger partial charge in [-0.25, -0.2) is 14.6 Å². The summed E-state index contributed by atoms with van der Waals surface area (Å²) in [7, 11) is 0. The molecule has 0 aliphatic carbocycles. The van der Waals surface area contributed by atoms with E-state index in [1.165, 1.54) is 6.20 Å². The molecule has 0 fully saturated rings. The molecule has 6 nitrogen and oxygen atoms in total. The van der Waals surface area contributed by atoms with E-state index in [1.807, 2.05) is 0 Å². The lowest BCUT2D eigenvalue weighted by molar-refractivity contribution is 0.0635. The Morgan fingerprint density at radius 1 is 1.56 bits per heavy atom. The van der Waals surface area contributed by atoms with Crippen molar-refractivity contribution in [1.82, 2.24) is 9.97 Å². The number of aromatic amines is 1. The van der Waals surface area contributed by atoms with E-state index < -0.39 is 17.4 Å². The molecule has 0 aliphatic rings. The Kier molecular flexibility index (Phi) is 3.69. The third-order valence-electron chi connectivity index (χ3n) is 1.39. The molecule has 1 heterocycles. The highest BCUT2D eigenvalue weighted by Gasteiger charge is 2.17. The molecule has 0 aromatic carbocycles. The summed E-state index contributed by atoms with van der Waals surface area (Å²) >= 11 is 3.14. The number of amides is 1. The summed E-state index contributed by atoms with van der Waals surface area (Å²) in [5, 5.41) is 2.40. The van der Waals surface area contributed by atoms with E-state index >= 15 is 0 Å². The first-order valence-electron chi connectivity index (χ1n) is 4.53. The number of carbonyl (C=O) groups excluding carboxylic acids is 1. The molecular formula is C9H12BrN3O3. The number of aromatic nitrogens is 2. The van der Waals surface area contributed by atoms with E-state index in [2.05, 4.69) is 31.2 Å². The van der Waals surface area contributed by atoms with Crippen LogP contribution in [0.2, 0.25) is 0 Å². The molecule has 0 aliphatic heterocycles. The number of hydrogen-bond donors (Lipinski definition) is 2. The molecule has 88 valence electrons. The summed E-state index contributed by atoms with van der Waals surface area (Å²) in [6.45, 7) is 5.24. The van der Waals surface area contributed by atoms with E-state index in [9.17, 15) is 9.59 Å². The standard InChI is InChI=1S/C9H12BrN3O3/c1-9(2,3)16-8(15)13-6-5(10)4-11-7(14)12-6/h4H,1-3H3,(H2,11,12,13,14,15). The van der Waals surface area contributed by atoms with Gasteiger partial charge in [0.05, 0.1) is 10.7 Å². The minimum Gasteiger partial charge on any atom is -0.444 e. The topological polar surface area (TPSA) is 84.1 Å². The fourth-order valence-corrected chi connectivity index (χ4v) is 1.18. The van der Waals surface area contributed by atoms with Gasteiger partial charge in [0.25, 0.3) is 0 Å². The zero-order chi connectivity index (χ0) is 12.3. The maximum absolute atomic E-state index is 11.4. The zero-order valence-electron chi connectivity index (χ0n) is 9.13. The highest BCUT2D eigenvalue weighted by atomic mass is 79.9. The van der Waals surface area contributed by atoms with Crippen molar-refractivity contribution < 1.29 is 9.53 Å². The van der Waals surface area contributed by atoms with Gasteiger partial charge in [0.15, 0.2) is 0 Å². The Morgan fingerprint density at radius 2 is 2.19 bits per heavy atom. The van der Waals surface area contributed by atoms with E-state index in [0.29, 0.717) is 4.47 Å². The first-order valence-corrected chi connectivity index (χ1v) is 5.32. The molecule has 1 rings (SSSR count). The van der Waals surface area contributed by atoms with E-state index in [0.717, 1.165) is 0 Å². The third kappa shape index (κ3) is 4.01. The summed E-state index contributed by atoms with van der Waals surface area (Å²) in [4.78, 5) is 28.2. The molecule has 2 N–H and O–H groups in total. The van der Waals surface area contributed by atoms with Crippen LogP contribution < -0.4 is 11.0 Å². The average molecular weight is 290 g/mol. The van der Waals surface area contributed by atoms with Crippen molar-refractivity contribution in [3.8, 4) is 0 Å². The molecule has 0 unspecified atom stereocenters. The Morgan fingerprint density at radius 3 is 2.75 bits per heavy atom. The highest BCUT2D eigenvalue weighted by molar-refractivity contribution is 9.10. The number of carbonyl (C=O) groups is 1. The minimum absolute atomic E-state index is 0.217. The highest BCUT2D eigenvalue weighted by Crippen LogP contribution is 2.17. The molecule has 0 saturated heterocycles. The number of anilines is 1. The quantitative estimate of drug-likeness (QED) is 0.827. The normalized spacial score (nSPS) is 11.0. The molecule has 0 radical (unpaired) electrons. The Bertz CT molecular complexity index is 450. The van der Waals surface area contributed by atoms with Crippen molar-refractivity contribution in [3.63, 3.8) is 0 Å². The van der Waals surface area contributed by atoms with Gasteiger partial charge in [-0.05, 0) is 36.7 Å². The Labute approximate surface area is 101 Å². The molecule has 0 saturated carbocycles. The van der Waals surface area contributed by atoms with E-state index in [-0.39, 0.29) is 5.82 Å². The predicted molar refractivity (Wildman–Crippen MR) is 62.4 cm³/mol. The van der Waals surface area contributed by atoms with Crippen molar-refractivity contribution >= 4 is 27.8 Å². The largest absolute Gasteiger partial charge is 0.444 e. The average Bonchev–Trinajstić information content (AvgIpc) is 2.08. The summed E-state index contributed by atoms with van der Waals surface area (Å²) in [6, 6.07) is 0. The van der Waals surface area contributed by atoms with Crippen LogP contribution in [-0.4, -0.2) is 21.7 Å². The molecule has 0 spiro atoms. The fourth-order valence-electron chi connectivity index (χ4n) is 0.875. The zero-order valence-corrected chi connectivity index (χ0v) is 10.7. The minimum atomic E-state index is -0.643. The second kappa shape index (κ2) is 4.65. The van der Waals surface area contributed by atoms with Crippen LogP contribution in [0.25, 0.3) is 0 Å². The molecule has 1 aromatic heterocycles. The SMILES string of the molecule is CC(C)(C)OC(=O)Nc1[nH]c(=O)ncc1Br. The molecule has 0 atom stereocenters. The van der Waals surface area contributed by atoms with Gasteiger partial charge in [-0.3, -0.25) is 10.3 Å². The third-order valence-corrected chi connectivity index (χ3v) is 1.99. The molecule has 1 aromatic rings. The van der Waals surface area contributed by atoms with Gasteiger partial charge in [-0.2, -0.15) is 0 Å². The summed E-state index contributed by atoms with van der Waals surface area (Å²) in [5.41, 5.74) is -1.14. The van der Waals surface area contributed by atoms with E-state index in [1.54, 1.807) is 20.8 Å². The van der Waals surface area contributed by atoms with Gasteiger partial charge in [0, 0.05) is 0 Å². The summed E-state index contributed by atoms with van der Waals surface area (Å²) in [5.74, 6) is 0.217. The Balaban J connectivity index is 2.77. The number of halogens is 1. The predicted octanol–water partition coefficient (Wildman–Crippen LogP) is 1.88. The monoisotopic (exact) mass is 289 g/mol. The van der Waals surface area contributed by atoms with Crippen molar-refractivity contribution in [3.05, 3.63) is 21.2 Å². The van der Waals surface area contributed by atoms with Crippen molar-refractivity contribution in [2.24, 2.45) is 0 Å². The number of hydrogen-bond acceptors (Lipinski definition) is 4. The van der Waals surface area contributed by atoms with Crippen molar-refractivity contribution in [1.29, 1.82) is 0 Å². The van der Waals surface area contributed by atoms with Crippen LogP contribution in [0.5, 0.6) is 0 Å². The lowest BCUT2D eigenvalue weighted by atomic mass is 10.2.